The van der Waals surface area contributed by atoms with Crippen molar-refractivity contribution < 1.29 is 14.3 Å². The fourth-order valence-corrected chi connectivity index (χ4v) is 3.20. The molecule has 1 aliphatic rings. The van der Waals surface area contributed by atoms with E-state index in [4.69, 9.17) is 4.74 Å². The molecule has 128 valence electrons. The van der Waals surface area contributed by atoms with E-state index >= 15 is 0 Å². The van der Waals surface area contributed by atoms with Crippen LogP contribution >= 0.6 is 15.9 Å². The van der Waals surface area contributed by atoms with Crippen molar-refractivity contribution in [3.05, 3.63) is 28.5 Å². The Hall–Kier alpha value is -1.23. The average molecular weight is 384 g/mol. The van der Waals surface area contributed by atoms with E-state index in [0.29, 0.717) is 18.7 Å². The molecule has 0 bridgehead atoms. The minimum absolute atomic E-state index is 0.0423. The van der Waals surface area contributed by atoms with Gasteiger partial charge >= 0.3 is 5.97 Å². The van der Waals surface area contributed by atoms with Crippen molar-refractivity contribution in [1.82, 2.24) is 4.98 Å². The molecular formula is C18H26BrNO3. The number of nitrogens with zero attached hydrogens (tertiary/aromatic N) is 1. The van der Waals surface area contributed by atoms with Gasteiger partial charge in [-0.3, -0.25) is 14.6 Å². The SMILES string of the molecule is CC.CCOC(=O)C1CCC(C(=O)c2ccc(Br)cn2)C[C@H]1C. The van der Waals surface area contributed by atoms with Crippen molar-refractivity contribution in [3.63, 3.8) is 0 Å². The Morgan fingerprint density at radius 3 is 2.52 bits per heavy atom. The number of hydrogen-bond donors (Lipinski definition) is 0. The zero-order chi connectivity index (χ0) is 17.4. The molecule has 1 heterocycles. The Bertz CT molecular complexity index is 516. The van der Waals surface area contributed by atoms with E-state index in [9.17, 15) is 9.59 Å². The van der Waals surface area contributed by atoms with Gasteiger partial charge in [-0.05, 0) is 60.2 Å². The number of carbonyl (C=O) groups is 2. The van der Waals surface area contributed by atoms with Crippen LogP contribution in [0.5, 0.6) is 0 Å². The summed E-state index contributed by atoms with van der Waals surface area (Å²) in [6.45, 7) is 8.25. The van der Waals surface area contributed by atoms with E-state index < -0.39 is 0 Å². The number of ether oxygens (including phenoxy) is 1. The summed E-state index contributed by atoms with van der Waals surface area (Å²) in [7, 11) is 0. The summed E-state index contributed by atoms with van der Waals surface area (Å²) in [5.74, 6) is 0.00255. The molecule has 0 aliphatic heterocycles. The van der Waals surface area contributed by atoms with Crippen molar-refractivity contribution >= 4 is 27.7 Å². The van der Waals surface area contributed by atoms with Crippen LogP contribution in [-0.4, -0.2) is 23.3 Å². The topological polar surface area (TPSA) is 56.3 Å². The lowest BCUT2D eigenvalue weighted by atomic mass is 9.73. The van der Waals surface area contributed by atoms with Crippen LogP contribution in [0.25, 0.3) is 0 Å². The van der Waals surface area contributed by atoms with Gasteiger partial charge in [0.1, 0.15) is 5.69 Å². The quantitative estimate of drug-likeness (QED) is 0.559. The molecule has 0 saturated heterocycles. The predicted octanol–water partition coefficient (Wildman–Crippen LogP) is 4.67. The van der Waals surface area contributed by atoms with E-state index in [2.05, 4.69) is 20.9 Å². The van der Waals surface area contributed by atoms with Crippen molar-refractivity contribution in [2.24, 2.45) is 17.8 Å². The second kappa shape index (κ2) is 9.81. The standard InChI is InChI=1S/C16H20BrNO3.C2H6/c1-3-21-16(20)13-6-4-11(8-10(13)2)15(19)14-7-5-12(17)9-18-14;1-2/h5,7,9-11,13H,3-4,6,8H2,1-2H3;1-2H3/t10-,11?,13?;/m1./s1. The van der Waals surface area contributed by atoms with Gasteiger partial charge in [0.25, 0.3) is 0 Å². The van der Waals surface area contributed by atoms with Crippen LogP contribution in [0.3, 0.4) is 0 Å². The van der Waals surface area contributed by atoms with Crippen molar-refractivity contribution in [2.75, 3.05) is 6.61 Å². The molecule has 1 aromatic heterocycles. The summed E-state index contributed by atoms with van der Waals surface area (Å²) >= 11 is 3.31. The zero-order valence-electron chi connectivity index (χ0n) is 14.3. The molecule has 1 aromatic rings. The molecule has 4 nitrogen and oxygen atoms in total. The molecule has 0 amide bonds. The molecule has 0 aromatic carbocycles. The number of aromatic nitrogens is 1. The third-order valence-electron chi connectivity index (χ3n) is 4.11. The first-order valence-corrected chi connectivity index (χ1v) is 9.14. The summed E-state index contributed by atoms with van der Waals surface area (Å²) in [5.41, 5.74) is 0.505. The number of hydrogen-bond acceptors (Lipinski definition) is 4. The van der Waals surface area contributed by atoms with Gasteiger partial charge < -0.3 is 4.74 Å². The Morgan fingerprint density at radius 2 is 2.00 bits per heavy atom. The van der Waals surface area contributed by atoms with E-state index in [1.807, 2.05) is 33.8 Å². The minimum atomic E-state index is -0.127. The highest BCUT2D eigenvalue weighted by atomic mass is 79.9. The normalized spacial score (nSPS) is 23.4. The Morgan fingerprint density at radius 1 is 1.30 bits per heavy atom. The van der Waals surface area contributed by atoms with Crippen LogP contribution in [0.4, 0.5) is 0 Å². The molecule has 2 rings (SSSR count). The van der Waals surface area contributed by atoms with Crippen LogP contribution < -0.4 is 0 Å². The largest absolute Gasteiger partial charge is 0.466 e. The van der Waals surface area contributed by atoms with Gasteiger partial charge in [-0.15, -0.1) is 0 Å². The molecule has 1 fully saturated rings. The molecular weight excluding hydrogens is 358 g/mol. The fraction of sp³-hybridized carbons (Fsp3) is 0.611. The molecule has 0 spiro atoms. The van der Waals surface area contributed by atoms with Crippen LogP contribution in [-0.2, 0) is 9.53 Å². The molecule has 1 saturated carbocycles. The number of carbonyl (C=O) groups excluding carboxylic acids is 2. The third kappa shape index (κ3) is 5.41. The number of Topliss-reactive ketones (excluding diaryl/α,β-unsaturated/α-hetero) is 1. The molecule has 2 unspecified atom stereocenters. The summed E-state index contributed by atoms with van der Waals surface area (Å²) in [4.78, 5) is 28.5. The highest BCUT2D eigenvalue weighted by molar-refractivity contribution is 9.10. The van der Waals surface area contributed by atoms with Gasteiger partial charge in [-0.25, -0.2) is 0 Å². The minimum Gasteiger partial charge on any atom is -0.466 e. The summed E-state index contributed by atoms with van der Waals surface area (Å²) < 4.78 is 5.96. The smallest absolute Gasteiger partial charge is 0.309 e. The number of rotatable bonds is 4. The van der Waals surface area contributed by atoms with Gasteiger partial charge in [0, 0.05) is 16.6 Å². The van der Waals surface area contributed by atoms with Crippen LogP contribution in [0.2, 0.25) is 0 Å². The molecule has 0 radical (unpaired) electrons. The second-order valence-corrected chi connectivity index (χ2v) is 6.49. The maximum Gasteiger partial charge on any atom is 0.309 e. The third-order valence-corrected chi connectivity index (χ3v) is 4.58. The number of esters is 1. The monoisotopic (exact) mass is 383 g/mol. The van der Waals surface area contributed by atoms with Gasteiger partial charge in [0.15, 0.2) is 5.78 Å². The summed E-state index contributed by atoms with van der Waals surface area (Å²) in [6, 6.07) is 3.57. The van der Waals surface area contributed by atoms with Gasteiger partial charge in [-0.1, -0.05) is 20.8 Å². The Kier molecular flexibility index (Phi) is 8.45. The number of ketones is 1. The summed E-state index contributed by atoms with van der Waals surface area (Å²) in [6.07, 6.45) is 3.80. The highest BCUT2D eigenvalue weighted by Crippen LogP contribution is 2.36. The lowest BCUT2D eigenvalue weighted by Gasteiger charge is -2.31. The second-order valence-electron chi connectivity index (χ2n) is 5.57. The van der Waals surface area contributed by atoms with E-state index in [-0.39, 0.29) is 29.5 Å². The van der Waals surface area contributed by atoms with Gasteiger partial charge in [0.05, 0.1) is 12.5 Å². The zero-order valence-corrected chi connectivity index (χ0v) is 15.9. The molecule has 0 N–H and O–H groups in total. The van der Waals surface area contributed by atoms with Crippen LogP contribution in [0.1, 0.15) is 57.4 Å². The number of pyridine rings is 1. The van der Waals surface area contributed by atoms with Crippen molar-refractivity contribution in [3.8, 4) is 0 Å². The lowest BCUT2D eigenvalue weighted by molar-refractivity contribution is -0.151. The molecule has 5 heteroatoms. The van der Waals surface area contributed by atoms with Crippen molar-refractivity contribution in [2.45, 2.75) is 47.0 Å². The van der Waals surface area contributed by atoms with Crippen LogP contribution in [0.15, 0.2) is 22.8 Å². The highest BCUT2D eigenvalue weighted by Gasteiger charge is 2.36. The lowest BCUT2D eigenvalue weighted by Crippen LogP contribution is -2.33. The Balaban J connectivity index is 0.00000127. The molecule has 3 atom stereocenters. The first-order valence-electron chi connectivity index (χ1n) is 8.35. The van der Waals surface area contributed by atoms with E-state index in [0.717, 1.165) is 17.3 Å². The maximum absolute atomic E-state index is 12.5. The van der Waals surface area contributed by atoms with Crippen molar-refractivity contribution in [1.29, 1.82) is 0 Å². The first-order chi connectivity index (χ1) is 11.0. The fourth-order valence-electron chi connectivity index (χ4n) is 2.96. The first kappa shape index (κ1) is 19.8. The van der Waals surface area contributed by atoms with E-state index in [1.54, 1.807) is 12.3 Å². The van der Waals surface area contributed by atoms with E-state index in [1.165, 1.54) is 0 Å². The maximum atomic E-state index is 12.5. The Labute approximate surface area is 147 Å². The summed E-state index contributed by atoms with van der Waals surface area (Å²) in [5, 5.41) is 0. The van der Waals surface area contributed by atoms with Crippen LogP contribution in [0, 0.1) is 17.8 Å². The average Bonchev–Trinajstić information content (AvgIpc) is 2.57. The predicted molar refractivity (Wildman–Crippen MR) is 94.2 cm³/mol. The van der Waals surface area contributed by atoms with Gasteiger partial charge in [0.2, 0.25) is 0 Å². The molecule has 1 aliphatic carbocycles. The van der Waals surface area contributed by atoms with Gasteiger partial charge in [-0.2, -0.15) is 0 Å². The molecule has 23 heavy (non-hydrogen) atoms. The number of halogens is 1.